The minimum Gasteiger partial charge on any atom is -0.381 e. The summed E-state index contributed by atoms with van der Waals surface area (Å²) >= 11 is 0. The van der Waals surface area contributed by atoms with Crippen LogP contribution in [0.3, 0.4) is 0 Å². The molecule has 0 bridgehead atoms. The highest BCUT2D eigenvalue weighted by molar-refractivity contribution is 4.97. The highest BCUT2D eigenvalue weighted by Crippen LogP contribution is 2.22. The van der Waals surface area contributed by atoms with E-state index in [-0.39, 0.29) is 5.92 Å². The third-order valence-electron chi connectivity index (χ3n) is 2.46. The largest absolute Gasteiger partial charge is 0.381 e. The first-order chi connectivity index (χ1) is 7.40. The summed E-state index contributed by atoms with van der Waals surface area (Å²) in [5.41, 5.74) is 0. The lowest BCUT2D eigenvalue weighted by atomic mass is 10.0. The predicted molar refractivity (Wildman–Crippen MR) is 51.0 cm³/mol. The molecule has 0 aromatic carbocycles. The quantitative estimate of drug-likeness (QED) is 0.749. The number of hydrogen-bond acceptors (Lipinski definition) is 5. The Hall–Kier alpha value is -1.41. The van der Waals surface area contributed by atoms with Gasteiger partial charge in [0.1, 0.15) is 0 Å². The van der Waals surface area contributed by atoms with E-state index in [2.05, 4.69) is 16.2 Å². The summed E-state index contributed by atoms with van der Waals surface area (Å²) in [5, 5.41) is 12.3. The van der Waals surface area contributed by atoms with E-state index in [0.29, 0.717) is 25.3 Å². The average molecular weight is 207 g/mol. The van der Waals surface area contributed by atoms with Crippen molar-refractivity contribution in [1.29, 1.82) is 5.26 Å². The first kappa shape index (κ1) is 10.1. The molecular formula is C10H13N3O2. The summed E-state index contributed by atoms with van der Waals surface area (Å²) in [6.07, 6.45) is 3.06. The van der Waals surface area contributed by atoms with Crippen LogP contribution in [0.15, 0.2) is 4.52 Å². The SMILES string of the molecule is N#CCCc1nc(C2CCCOC2)no1. The number of aromatic nitrogens is 2. The molecule has 15 heavy (non-hydrogen) atoms. The van der Waals surface area contributed by atoms with Gasteiger partial charge in [-0.3, -0.25) is 0 Å². The molecule has 1 atom stereocenters. The predicted octanol–water partition coefficient (Wildman–Crippen LogP) is 1.42. The molecule has 2 heterocycles. The zero-order valence-electron chi connectivity index (χ0n) is 8.48. The molecule has 0 saturated carbocycles. The fourth-order valence-electron chi connectivity index (χ4n) is 1.64. The van der Waals surface area contributed by atoms with Crippen molar-refractivity contribution in [2.75, 3.05) is 13.2 Å². The second kappa shape index (κ2) is 4.89. The van der Waals surface area contributed by atoms with Crippen LogP contribution < -0.4 is 0 Å². The van der Waals surface area contributed by atoms with Gasteiger partial charge in [-0.25, -0.2) is 0 Å². The second-order valence-electron chi connectivity index (χ2n) is 3.62. The van der Waals surface area contributed by atoms with Gasteiger partial charge in [0.25, 0.3) is 0 Å². The molecule has 1 aromatic heterocycles. The summed E-state index contributed by atoms with van der Waals surface area (Å²) in [5.74, 6) is 1.54. The molecular weight excluding hydrogens is 194 g/mol. The van der Waals surface area contributed by atoms with Crippen molar-refractivity contribution in [3.63, 3.8) is 0 Å². The Morgan fingerprint density at radius 3 is 3.20 bits per heavy atom. The lowest BCUT2D eigenvalue weighted by molar-refractivity contribution is 0.0773. The van der Waals surface area contributed by atoms with Gasteiger partial charge >= 0.3 is 0 Å². The zero-order chi connectivity index (χ0) is 10.5. The molecule has 0 N–H and O–H groups in total. The van der Waals surface area contributed by atoms with Crippen LogP contribution in [-0.2, 0) is 11.2 Å². The van der Waals surface area contributed by atoms with Gasteiger partial charge < -0.3 is 9.26 Å². The topological polar surface area (TPSA) is 71.9 Å². The van der Waals surface area contributed by atoms with E-state index in [0.717, 1.165) is 25.3 Å². The molecule has 1 aliphatic rings. The van der Waals surface area contributed by atoms with Crippen LogP contribution in [0.2, 0.25) is 0 Å². The summed E-state index contributed by atoms with van der Waals surface area (Å²) in [7, 11) is 0. The van der Waals surface area contributed by atoms with E-state index >= 15 is 0 Å². The van der Waals surface area contributed by atoms with Gasteiger partial charge in [-0.05, 0) is 12.8 Å². The van der Waals surface area contributed by atoms with Gasteiger partial charge in [-0.15, -0.1) is 0 Å². The van der Waals surface area contributed by atoms with Gasteiger partial charge in [0, 0.05) is 25.4 Å². The standard InChI is InChI=1S/C10H13N3O2/c11-5-1-4-9-12-10(13-15-9)8-3-2-6-14-7-8/h8H,1-4,6-7H2. The first-order valence-corrected chi connectivity index (χ1v) is 5.17. The molecule has 1 aliphatic heterocycles. The Morgan fingerprint density at radius 2 is 2.47 bits per heavy atom. The number of rotatable bonds is 3. The van der Waals surface area contributed by atoms with Crippen LogP contribution in [0.4, 0.5) is 0 Å². The third kappa shape index (κ3) is 2.54. The molecule has 1 fully saturated rings. The Labute approximate surface area is 88.0 Å². The maximum absolute atomic E-state index is 8.42. The van der Waals surface area contributed by atoms with Crippen LogP contribution in [0.25, 0.3) is 0 Å². The minimum atomic E-state index is 0.262. The monoisotopic (exact) mass is 207 g/mol. The molecule has 1 unspecified atom stereocenters. The Morgan fingerprint density at radius 1 is 1.53 bits per heavy atom. The second-order valence-corrected chi connectivity index (χ2v) is 3.62. The molecule has 80 valence electrons. The van der Waals surface area contributed by atoms with E-state index < -0.39 is 0 Å². The van der Waals surface area contributed by atoms with Crippen molar-refractivity contribution in [2.45, 2.75) is 31.6 Å². The highest BCUT2D eigenvalue weighted by Gasteiger charge is 2.21. The van der Waals surface area contributed by atoms with Gasteiger partial charge in [0.2, 0.25) is 5.89 Å². The van der Waals surface area contributed by atoms with E-state index in [9.17, 15) is 0 Å². The van der Waals surface area contributed by atoms with Crippen molar-refractivity contribution in [1.82, 2.24) is 10.1 Å². The Balaban J connectivity index is 1.96. The van der Waals surface area contributed by atoms with Crippen LogP contribution in [0.1, 0.15) is 36.9 Å². The number of nitriles is 1. The fraction of sp³-hybridized carbons (Fsp3) is 0.700. The fourth-order valence-corrected chi connectivity index (χ4v) is 1.64. The normalized spacial score (nSPS) is 21.1. The average Bonchev–Trinajstić information content (AvgIpc) is 2.76. The summed E-state index contributed by atoms with van der Waals surface area (Å²) in [4.78, 5) is 4.26. The molecule has 0 aliphatic carbocycles. The van der Waals surface area contributed by atoms with E-state index in [1.54, 1.807) is 0 Å². The van der Waals surface area contributed by atoms with Crippen LogP contribution >= 0.6 is 0 Å². The highest BCUT2D eigenvalue weighted by atomic mass is 16.5. The summed E-state index contributed by atoms with van der Waals surface area (Å²) in [6, 6.07) is 2.05. The minimum absolute atomic E-state index is 0.262. The molecule has 0 amide bonds. The number of hydrogen-bond donors (Lipinski definition) is 0. The number of ether oxygens (including phenoxy) is 1. The van der Waals surface area contributed by atoms with E-state index in [4.69, 9.17) is 14.5 Å². The van der Waals surface area contributed by atoms with Crippen molar-refractivity contribution in [3.05, 3.63) is 11.7 Å². The maximum atomic E-state index is 8.42. The molecule has 5 heteroatoms. The first-order valence-electron chi connectivity index (χ1n) is 5.17. The van der Waals surface area contributed by atoms with E-state index in [1.807, 2.05) is 0 Å². The summed E-state index contributed by atoms with van der Waals surface area (Å²) in [6.45, 7) is 1.51. The molecule has 0 spiro atoms. The van der Waals surface area contributed by atoms with Gasteiger partial charge in [0.15, 0.2) is 5.82 Å². The number of nitrogens with zero attached hydrogens (tertiary/aromatic N) is 3. The van der Waals surface area contributed by atoms with Crippen LogP contribution in [0.5, 0.6) is 0 Å². The molecule has 0 radical (unpaired) electrons. The molecule has 1 saturated heterocycles. The lowest BCUT2D eigenvalue weighted by Gasteiger charge is -2.18. The number of aryl methyl sites for hydroxylation is 1. The van der Waals surface area contributed by atoms with Crippen LogP contribution in [-0.4, -0.2) is 23.4 Å². The van der Waals surface area contributed by atoms with Gasteiger partial charge in [-0.1, -0.05) is 5.16 Å². The van der Waals surface area contributed by atoms with Crippen LogP contribution in [0, 0.1) is 11.3 Å². The third-order valence-corrected chi connectivity index (χ3v) is 2.46. The van der Waals surface area contributed by atoms with Gasteiger partial charge in [-0.2, -0.15) is 10.2 Å². The molecule has 2 rings (SSSR count). The Kier molecular flexibility index (Phi) is 3.30. The van der Waals surface area contributed by atoms with Crippen molar-refractivity contribution >= 4 is 0 Å². The molecule has 5 nitrogen and oxygen atoms in total. The maximum Gasteiger partial charge on any atom is 0.227 e. The van der Waals surface area contributed by atoms with E-state index in [1.165, 1.54) is 0 Å². The van der Waals surface area contributed by atoms with Crippen molar-refractivity contribution in [2.24, 2.45) is 0 Å². The Bertz CT molecular complexity index is 350. The smallest absolute Gasteiger partial charge is 0.227 e. The molecule has 1 aromatic rings. The zero-order valence-corrected chi connectivity index (χ0v) is 8.48. The van der Waals surface area contributed by atoms with Gasteiger partial charge in [0.05, 0.1) is 12.7 Å². The van der Waals surface area contributed by atoms with Crippen molar-refractivity contribution < 1.29 is 9.26 Å². The lowest BCUT2D eigenvalue weighted by Crippen LogP contribution is -2.16. The van der Waals surface area contributed by atoms with Crippen molar-refractivity contribution in [3.8, 4) is 6.07 Å². The summed E-state index contributed by atoms with van der Waals surface area (Å²) < 4.78 is 10.4.